The standard InChI is InChI=1S/C22H38N6O/c1-4-23-22(25-18-20(17-19(2)3)26-13-15-29-16-14-26)28-11-9-27(10-12-28)21-7-5-6-8-24-21/h5-8,19-20H,4,9-18H2,1-3H3,(H,23,25). The third-order valence-electron chi connectivity index (χ3n) is 5.64. The molecule has 0 aromatic carbocycles. The molecule has 2 aliphatic rings. The van der Waals surface area contributed by atoms with Gasteiger partial charge in [0, 0.05) is 58.1 Å². The Kier molecular flexibility index (Phi) is 8.55. The SMILES string of the molecule is CCNC(=NCC(CC(C)C)N1CCOCC1)N1CCN(c2ccccn2)CC1. The van der Waals surface area contributed by atoms with Crippen LogP contribution < -0.4 is 10.2 Å². The third-order valence-corrected chi connectivity index (χ3v) is 5.64. The lowest BCUT2D eigenvalue weighted by Crippen LogP contribution is -2.53. The van der Waals surface area contributed by atoms with Gasteiger partial charge < -0.3 is 19.9 Å². The molecule has 7 nitrogen and oxygen atoms in total. The molecule has 7 heteroatoms. The Morgan fingerprint density at radius 2 is 1.90 bits per heavy atom. The molecule has 1 atom stereocenters. The number of piperazine rings is 1. The third kappa shape index (κ3) is 6.57. The van der Waals surface area contributed by atoms with Crippen LogP contribution in [0, 0.1) is 5.92 Å². The van der Waals surface area contributed by atoms with Crippen LogP contribution in [-0.4, -0.2) is 92.4 Å². The van der Waals surface area contributed by atoms with Gasteiger partial charge in [0.15, 0.2) is 5.96 Å². The van der Waals surface area contributed by atoms with Crippen LogP contribution in [0.5, 0.6) is 0 Å². The summed E-state index contributed by atoms with van der Waals surface area (Å²) in [5.41, 5.74) is 0. The fourth-order valence-electron chi connectivity index (χ4n) is 4.13. The monoisotopic (exact) mass is 402 g/mol. The van der Waals surface area contributed by atoms with Crippen molar-refractivity contribution in [3.63, 3.8) is 0 Å². The minimum absolute atomic E-state index is 0.488. The van der Waals surface area contributed by atoms with Crippen LogP contribution in [0.25, 0.3) is 0 Å². The summed E-state index contributed by atoms with van der Waals surface area (Å²) in [6.07, 6.45) is 3.05. The van der Waals surface area contributed by atoms with Gasteiger partial charge in [-0.25, -0.2) is 4.98 Å². The van der Waals surface area contributed by atoms with Gasteiger partial charge in [0.05, 0.1) is 19.8 Å². The van der Waals surface area contributed by atoms with E-state index in [9.17, 15) is 0 Å². The number of nitrogens with zero attached hydrogens (tertiary/aromatic N) is 5. The van der Waals surface area contributed by atoms with E-state index in [0.717, 1.165) is 77.3 Å². The Morgan fingerprint density at radius 3 is 2.52 bits per heavy atom. The van der Waals surface area contributed by atoms with E-state index < -0.39 is 0 Å². The van der Waals surface area contributed by atoms with Crippen LogP contribution in [-0.2, 0) is 4.74 Å². The summed E-state index contributed by atoms with van der Waals surface area (Å²) in [7, 11) is 0. The van der Waals surface area contributed by atoms with E-state index in [1.54, 1.807) is 0 Å². The Labute approximate surface area is 176 Å². The number of aromatic nitrogens is 1. The topological polar surface area (TPSA) is 56.2 Å². The number of rotatable bonds is 7. The lowest BCUT2D eigenvalue weighted by Gasteiger charge is -2.38. The van der Waals surface area contributed by atoms with Crippen molar-refractivity contribution < 1.29 is 4.74 Å². The number of anilines is 1. The average Bonchev–Trinajstić information content (AvgIpc) is 2.77. The first-order valence-electron chi connectivity index (χ1n) is 11.2. The molecule has 3 heterocycles. The summed E-state index contributed by atoms with van der Waals surface area (Å²) >= 11 is 0. The molecule has 3 rings (SSSR count). The summed E-state index contributed by atoms with van der Waals surface area (Å²) in [6, 6.07) is 6.61. The molecule has 29 heavy (non-hydrogen) atoms. The lowest BCUT2D eigenvalue weighted by molar-refractivity contribution is 0.0142. The van der Waals surface area contributed by atoms with Gasteiger partial charge in [-0.15, -0.1) is 0 Å². The molecule has 0 bridgehead atoms. The van der Waals surface area contributed by atoms with Gasteiger partial charge in [0.2, 0.25) is 0 Å². The smallest absolute Gasteiger partial charge is 0.194 e. The minimum Gasteiger partial charge on any atom is -0.379 e. The van der Waals surface area contributed by atoms with E-state index in [4.69, 9.17) is 9.73 Å². The summed E-state index contributed by atoms with van der Waals surface area (Å²) in [4.78, 5) is 16.9. The number of guanidine groups is 1. The second-order valence-corrected chi connectivity index (χ2v) is 8.29. The number of nitrogens with one attached hydrogen (secondary N) is 1. The van der Waals surface area contributed by atoms with Crippen molar-refractivity contribution in [2.75, 3.05) is 70.5 Å². The first-order valence-corrected chi connectivity index (χ1v) is 11.2. The van der Waals surface area contributed by atoms with E-state index in [2.05, 4.69) is 57.9 Å². The molecule has 0 aliphatic carbocycles. The van der Waals surface area contributed by atoms with Crippen LogP contribution in [0.1, 0.15) is 27.2 Å². The van der Waals surface area contributed by atoms with Crippen molar-refractivity contribution in [1.82, 2.24) is 20.1 Å². The number of morpholine rings is 1. The van der Waals surface area contributed by atoms with Crippen molar-refractivity contribution in [1.29, 1.82) is 0 Å². The molecule has 1 aromatic heterocycles. The zero-order chi connectivity index (χ0) is 20.5. The molecule has 1 aromatic rings. The van der Waals surface area contributed by atoms with Crippen molar-refractivity contribution in [3.8, 4) is 0 Å². The van der Waals surface area contributed by atoms with Crippen molar-refractivity contribution >= 4 is 11.8 Å². The van der Waals surface area contributed by atoms with Gasteiger partial charge in [-0.3, -0.25) is 9.89 Å². The Balaban J connectivity index is 1.60. The van der Waals surface area contributed by atoms with Gasteiger partial charge in [0.1, 0.15) is 5.82 Å². The van der Waals surface area contributed by atoms with Crippen LogP contribution in [0.15, 0.2) is 29.4 Å². The first kappa shape index (κ1) is 21.8. The van der Waals surface area contributed by atoms with Gasteiger partial charge in [-0.1, -0.05) is 19.9 Å². The van der Waals surface area contributed by atoms with Gasteiger partial charge >= 0.3 is 0 Å². The fourth-order valence-corrected chi connectivity index (χ4v) is 4.13. The zero-order valence-electron chi connectivity index (χ0n) is 18.4. The molecule has 2 saturated heterocycles. The van der Waals surface area contributed by atoms with Crippen molar-refractivity contribution in [2.45, 2.75) is 33.2 Å². The van der Waals surface area contributed by atoms with Crippen LogP contribution in [0.2, 0.25) is 0 Å². The zero-order valence-corrected chi connectivity index (χ0v) is 18.4. The highest BCUT2D eigenvalue weighted by atomic mass is 16.5. The summed E-state index contributed by atoms with van der Waals surface area (Å²) in [6.45, 7) is 16.1. The van der Waals surface area contributed by atoms with Crippen molar-refractivity contribution in [3.05, 3.63) is 24.4 Å². The van der Waals surface area contributed by atoms with Crippen LogP contribution in [0.4, 0.5) is 5.82 Å². The average molecular weight is 403 g/mol. The number of aliphatic imine (C=N–C) groups is 1. The van der Waals surface area contributed by atoms with E-state index in [1.165, 1.54) is 6.42 Å². The summed E-state index contributed by atoms with van der Waals surface area (Å²) in [5, 5.41) is 3.52. The van der Waals surface area contributed by atoms with E-state index in [0.29, 0.717) is 12.0 Å². The van der Waals surface area contributed by atoms with Crippen molar-refractivity contribution in [2.24, 2.45) is 10.9 Å². The maximum Gasteiger partial charge on any atom is 0.194 e. The highest BCUT2D eigenvalue weighted by molar-refractivity contribution is 5.80. The van der Waals surface area contributed by atoms with Crippen LogP contribution >= 0.6 is 0 Å². The normalized spacial score (nSPS) is 20.2. The molecule has 2 aliphatic heterocycles. The number of ether oxygens (including phenoxy) is 1. The number of hydrogen-bond donors (Lipinski definition) is 1. The second-order valence-electron chi connectivity index (χ2n) is 8.29. The highest BCUT2D eigenvalue weighted by Crippen LogP contribution is 2.15. The Morgan fingerprint density at radius 1 is 1.14 bits per heavy atom. The number of pyridine rings is 1. The largest absolute Gasteiger partial charge is 0.379 e. The fraction of sp³-hybridized carbons (Fsp3) is 0.727. The Bertz CT molecular complexity index is 609. The molecular formula is C22H38N6O. The molecule has 1 N–H and O–H groups in total. The molecule has 162 valence electrons. The lowest BCUT2D eigenvalue weighted by atomic mass is 10.0. The van der Waals surface area contributed by atoms with E-state index in [-0.39, 0.29) is 0 Å². The molecule has 1 unspecified atom stereocenters. The van der Waals surface area contributed by atoms with Gasteiger partial charge in [0.25, 0.3) is 0 Å². The van der Waals surface area contributed by atoms with E-state index in [1.807, 2.05) is 12.3 Å². The van der Waals surface area contributed by atoms with E-state index >= 15 is 0 Å². The molecule has 0 radical (unpaired) electrons. The maximum absolute atomic E-state index is 5.55. The molecule has 0 amide bonds. The predicted molar refractivity (Wildman–Crippen MR) is 120 cm³/mol. The maximum atomic E-state index is 5.55. The predicted octanol–water partition coefficient (Wildman–Crippen LogP) is 1.92. The molecule has 0 saturated carbocycles. The quantitative estimate of drug-likeness (QED) is 0.555. The summed E-state index contributed by atoms with van der Waals surface area (Å²) < 4.78 is 5.55. The molecule has 2 fully saturated rings. The van der Waals surface area contributed by atoms with Crippen LogP contribution in [0.3, 0.4) is 0 Å². The minimum atomic E-state index is 0.488. The second kappa shape index (κ2) is 11.4. The molecular weight excluding hydrogens is 364 g/mol. The summed E-state index contributed by atoms with van der Waals surface area (Å²) in [5.74, 6) is 2.79. The van der Waals surface area contributed by atoms with Gasteiger partial charge in [-0.2, -0.15) is 0 Å². The molecule has 0 spiro atoms. The van der Waals surface area contributed by atoms with Gasteiger partial charge in [-0.05, 0) is 31.4 Å². The highest BCUT2D eigenvalue weighted by Gasteiger charge is 2.24. The Hall–Kier alpha value is -1.86. The first-order chi connectivity index (χ1) is 14.2. The number of hydrogen-bond acceptors (Lipinski definition) is 5.